The summed E-state index contributed by atoms with van der Waals surface area (Å²) < 4.78 is 0. The molecule has 2 N–H and O–H groups in total. The van der Waals surface area contributed by atoms with Crippen LogP contribution in [0.15, 0.2) is 103 Å². The summed E-state index contributed by atoms with van der Waals surface area (Å²) in [5, 5.41) is 5.87. The molecule has 0 aromatic heterocycles. The zero-order valence-corrected chi connectivity index (χ0v) is 20.1. The van der Waals surface area contributed by atoms with Crippen LogP contribution in [0.5, 0.6) is 0 Å². The number of nitrogens with one attached hydrogen (secondary N) is 2. The largest absolute Gasteiger partial charge is 0.367 e. The third kappa shape index (κ3) is 5.47. The van der Waals surface area contributed by atoms with Crippen molar-refractivity contribution in [1.29, 1.82) is 0 Å². The Bertz CT molecular complexity index is 1350. The highest BCUT2D eigenvalue weighted by molar-refractivity contribution is 6.09. The molecule has 5 heteroatoms. The fraction of sp³-hybridized carbons (Fsp3) is 0.161. The summed E-state index contributed by atoms with van der Waals surface area (Å²) in [5.74, 6) is -0.444. The Labute approximate surface area is 211 Å². The van der Waals surface area contributed by atoms with Gasteiger partial charge in [-0.05, 0) is 59.9 Å². The molecule has 0 bridgehead atoms. The van der Waals surface area contributed by atoms with Gasteiger partial charge in [-0.25, -0.2) is 0 Å². The van der Waals surface area contributed by atoms with Gasteiger partial charge in [-0.15, -0.1) is 0 Å². The van der Waals surface area contributed by atoms with E-state index in [-0.39, 0.29) is 11.8 Å². The summed E-state index contributed by atoms with van der Waals surface area (Å²) in [5.41, 5.74) is 6.49. The molecule has 36 heavy (non-hydrogen) atoms. The molecule has 180 valence electrons. The Morgan fingerprint density at radius 3 is 2.28 bits per heavy atom. The van der Waals surface area contributed by atoms with Crippen molar-refractivity contribution in [3.8, 4) is 0 Å². The molecule has 0 saturated heterocycles. The third-order valence-corrected chi connectivity index (χ3v) is 6.53. The van der Waals surface area contributed by atoms with Crippen LogP contribution < -0.4 is 15.5 Å². The molecule has 1 aliphatic rings. The SMILES string of the molecule is O=C(Nc1ccccc1C(=O)NCCc1ccccc1)c1ccc(CN2CCc3ccccc32)cc1. The number of nitrogens with zero attached hydrogens (tertiary/aromatic N) is 1. The van der Waals surface area contributed by atoms with Crippen LogP contribution in [-0.2, 0) is 19.4 Å². The first-order chi connectivity index (χ1) is 17.7. The maximum Gasteiger partial charge on any atom is 0.255 e. The van der Waals surface area contributed by atoms with Gasteiger partial charge in [0.15, 0.2) is 0 Å². The second-order valence-corrected chi connectivity index (χ2v) is 8.99. The predicted octanol–water partition coefficient (Wildman–Crippen LogP) is 5.47. The normalized spacial score (nSPS) is 12.2. The molecule has 5 nitrogen and oxygen atoms in total. The van der Waals surface area contributed by atoms with Gasteiger partial charge in [0.1, 0.15) is 0 Å². The molecule has 2 amide bonds. The number of hydrogen-bond donors (Lipinski definition) is 2. The van der Waals surface area contributed by atoms with Crippen LogP contribution in [0.25, 0.3) is 0 Å². The van der Waals surface area contributed by atoms with Crippen molar-refractivity contribution in [3.05, 3.63) is 131 Å². The predicted molar refractivity (Wildman–Crippen MR) is 145 cm³/mol. The van der Waals surface area contributed by atoms with E-state index in [1.807, 2.05) is 60.7 Å². The summed E-state index contributed by atoms with van der Waals surface area (Å²) in [6.07, 6.45) is 1.81. The van der Waals surface area contributed by atoms with E-state index in [2.05, 4.69) is 39.8 Å². The summed E-state index contributed by atoms with van der Waals surface area (Å²) >= 11 is 0. The van der Waals surface area contributed by atoms with Gasteiger partial charge in [-0.1, -0.05) is 72.8 Å². The standard InChI is InChI=1S/C31H29N3O2/c35-30(26-16-14-24(15-17-26)22-34-21-19-25-10-4-7-13-29(25)34)33-28-12-6-5-11-27(28)31(36)32-20-18-23-8-2-1-3-9-23/h1-17H,18-22H2,(H,32,36)(H,33,35). The fourth-order valence-electron chi connectivity index (χ4n) is 4.60. The zero-order valence-electron chi connectivity index (χ0n) is 20.1. The van der Waals surface area contributed by atoms with Crippen LogP contribution in [0.2, 0.25) is 0 Å². The maximum absolute atomic E-state index is 13.0. The van der Waals surface area contributed by atoms with Gasteiger partial charge < -0.3 is 15.5 Å². The van der Waals surface area contributed by atoms with Crippen molar-refractivity contribution < 1.29 is 9.59 Å². The number of amides is 2. The molecule has 1 aliphatic heterocycles. The van der Waals surface area contributed by atoms with Crippen molar-refractivity contribution in [2.45, 2.75) is 19.4 Å². The van der Waals surface area contributed by atoms with Crippen LogP contribution in [-0.4, -0.2) is 24.9 Å². The number of hydrogen-bond acceptors (Lipinski definition) is 3. The number of carbonyl (C=O) groups excluding carboxylic acids is 2. The monoisotopic (exact) mass is 475 g/mol. The van der Waals surface area contributed by atoms with Crippen molar-refractivity contribution >= 4 is 23.2 Å². The van der Waals surface area contributed by atoms with Crippen LogP contribution in [0.1, 0.15) is 37.4 Å². The molecule has 0 radical (unpaired) electrons. The molecule has 4 aromatic rings. The molecule has 4 aromatic carbocycles. The topological polar surface area (TPSA) is 61.4 Å². The Morgan fingerprint density at radius 2 is 1.44 bits per heavy atom. The minimum Gasteiger partial charge on any atom is -0.367 e. The van der Waals surface area contributed by atoms with E-state index in [0.29, 0.717) is 23.4 Å². The minimum absolute atomic E-state index is 0.205. The Morgan fingerprint density at radius 1 is 0.722 bits per heavy atom. The summed E-state index contributed by atoms with van der Waals surface area (Å²) in [4.78, 5) is 28.1. The quantitative estimate of drug-likeness (QED) is 0.355. The van der Waals surface area contributed by atoms with Gasteiger partial charge >= 0.3 is 0 Å². The van der Waals surface area contributed by atoms with Gasteiger partial charge in [-0.2, -0.15) is 0 Å². The first-order valence-electron chi connectivity index (χ1n) is 12.3. The zero-order chi connectivity index (χ0) is 24.7. The highest BCUT2D eigenvalue weighted by atomic mass is 16.2. The van der Waals surface area contributed by atoms with E-state index in [1.165, 1.54) is 11.3 Å². The number of para-hydroxylation sites is 2. The fourth-order valence-corrected chi connectivity index (χ4v) is 4.60. The van der Waals surface area contributed by atoms with Crippen molar-refractivity contribution in [2.24, 2.45) is 0 Å². The second kappa shape index (κ2) is 10.9. The van der Waals surface area contributed by atoms with E-state index in [1.54, 1.807) is 18.2 Å². The molecular weight excluding hydrogens is 446 g/mol. The van der Waals surface area contributed by atoms with Crippen LogP contribution >= 0.6 is 0 Å². The first kappa shape index (κ1) is 23.4. The van der Waals surface area contributed by atoms with Crippen LogP contribution in [0.4, 0.5) is 11.4 Å². The number of rotatable bonds is 8. The van der Waals surface area contributed by atoms with Crippen molar-refractivity contribution in [3.63, 3.8) is 0 Å². The van der Waals surface area contributed by atoms with Gasteiger partial charge in [-0.3, -0.25) is 9.59 Å². The van der Waals surface area contributed by atoms with Crippen molar-refractivity contribution in [2.75, 3.05) is 23.3 Å². The Kier molecular flexibility index (Phi) is 7.08. The van der Waals surface area contributed by atoms with Gasteiger partial charge in [0.05, 0.1) is 11.3 Å². The summed E-state index contributed by atoms with van der Waals surface area (Å²) in [7, 11) is 0. The molecule has 0 saturated carbocycles. The van der Waals surface area contributed by atoms with Crippen LogP contribution in [0.3, 0.4) is 0 Å². The molecule has 0 unspecified atom stereocenters. The smallest absolute Gasteiger partial charge is 0.255 e. The van der Waals surface area contributed by atoms with E-state index in [4.69, 9.17) is 0 Å². The third-order valence-electron chi connectivity index (χ3n) is 6.53. The molecule has 0 fully saturated rings. The first-order valence-corrected chi connectivity index (χ1v) is 12.3. The number of anilines is 2. The number of benzene rings is 4. The lowest BCUT2D eigenvalue weighted by atomic mass is 10.1. The lowest BCUT2D eigenvalue weighted by Crippen LogP contribution is -2.27. The molecule has 0 spiro atoms. The average molecular weight is 476 g/mol. The molecule has 5 rings (SSSR count). The molecule has 0 atom stereocenters. The van der Waals surface area contributed by atoms with E-state index in [9.17, 15) is 9.59 Å². The van der Waals surface area contributed by atoms with E-state index < -0.39 is 0 Å². The van der Waals surface area contributed by atoms with Gasteiger partial charge in [0, 0.05) is 30.9 Å². The Balaban J connectivity index is 1.19. The van der Waals surface area contributed by atoms with Gasteiger partial charge in [0.2, 0.25) is 0 Å². The summed E-state index contributed by atoms with van der Waals surface area (Å²) in [6.45, 7) is 2.34. The van der Waals surface area contributed by atoms with Crippen LogP contribution in [0, 0.1) is 0 Å². The second-order valence-electron chi connectivity index (χ2n) is 8.99. The Hall–Kier alpha value is -4.38. The van der Waals surface area contributed by atoms with Gasteiger partial charge in [0.25, 0.3) is 11.8 Å². The number of carbonyl (C=O) groups is 2. The molecular formula is C31H29N3O2. The van der Waals surface area contributed by atoms with E-state index in [0.717, 1.165) is 37.1 Å². The highest BCUT2D eigenvalue weighted by Gasteiger charge is 2.19. The molecule has 1 heterocycles. The average Bonchev–Trinajstić information content (AvgIpc) is 3.32. The lowest BCUT2D eigenvalue weighted by molar-refractivity contribution is 0.0955. The number of fused-ring (bicyclic) bond motifs is 1. The van der Waals surface area contributed by atoms with E-state index >= 15 is 0 Å². The highest BCUT2D eigenvalue weighted by Crippen LogP contribution is 2.28. The minimum atomic E-state index is -0.238. The summed E-state index contributed by atoms with van der Waals surface area (Å²) in [6, 6.07) is 33.3. The maximum atomic E-state index is 13.0. The molecule has 0 aliphatic carbocycles. The van der Waals surface area contributed by atoms with Crippen molar-refractivity contribution in [1.82, 2.24) is 5.32 Å². The lowest BCUT2D eigenvalue weighted by Gasteiger charge is -2.19.